The van der Waals surface area contributed by atoms with Crippen LogP contribution in [0.1, 0.15) is 27.0 Å². The fraction of sp³-hybridized carbons (Fsp3) is 0.278. The summed E-state index contributed by atoms with van der Waals surface area (Å²) in [5, 5.41) is 0. The highest BCUT2D eigenvalue weighted by atomic mass is 32.2. The van der Waals surface area contributed by atoms with Gasteiger partial charge >= 0.3 is 5.97 Å². The molecule has 0 unspecified atom stereocenters. The first-order valence-electron chi connectivity index (χ1n) is 7.71. The largest absolute Gasteiger partial charge is 0.465 e. The first-order chi connectivity index (χ1) is 11.5. The second-order valence-electron chi connectivity index (χ2n) is 5.80. The van der Waals surface area contributed by atoms with Gasteiger partial charge in [0, 0.05) is 13.1 Å². The number of sulfonamides is 1. The van der Waals surface area contributed by atoms with Crippen molar-refractivity contribution in [1.29, 1.82) is 0 Å². The Morgan fingerprint density at radius 1 is 1.08 bits per heavy atom. The lowest BCUT2D eigenvalue weighted by Crippen LogP contribution is -2.36. The minimum absolute atomic E-state index is 0.0728. The van der Waals surface area contributed by atoms with Gasteiger partial charge in [-0.2, -0.15) is 4.31 Å². The van der Waals surface area contributed by atoms with Crippen LogP contribution < -0.4 is 0 Å². The van der Waals surface area contributed by atoms with Crippen molar-refractivity contribution in [2.24, 2.45) is 0 Å². The maximum absolute atomic E-state index is 12.7. The molecule has 1 aliphatic rings. The summed E-state index contributed by atoms with van der Waals surface area (Å²) < 4.78 is 31.5. The molecule has 0 aromatic heterocycles. The summed E-state index contributed by atoms with van der Waals surface area (Å²) in [7, 11) is -2.09. The molecule has 0 fully saturated rings. The van der Waals surface area contributed by atoms with Crippen LogP contribution in [0.2, 0.25) is 0 Å². The molecule has 0 atom stereocenters. The number of hydrogen-bond donors (Lipinski definition) is 0. The van der Waals surface area contributed by atoms with Gasteiger partial charge in [0.15, 0.2) is 0 Å². The van der Waals surface area contributed by atoms with Gasteiger partial charge in [0.25, 0.3) is 0 Å². The zero-order valence-electron chi connectivity index (χ0n) is 13.4. The third kappa shape index (κ3) is 3.49. The Bertz CT molecular complexity index is 844. The van der Waals surface area contributed by atoms with Crippen molar-refractivity contribution in [2.45, 2.75) is 18.7 Å². The predicted octanol–water partition coefficient (Wildman–Crippen LogP) is 2.36. The molecule has 0 N–H and O–H groups in total. The standard InChI is InChI=1S/C18H19NO4S/c1-23-18(20)16-8-6-14(7-9-16)13-24(21,22)19-11-10-15-4-2-3-5-17(15)12-19/h2-9H,10-13H2,1H3. The van der Waals surface area contributed by atoms with Crippen LogP contribution in [0.25, 0.3) is 0 Å². The van der Waals surface area contributed by atoms with E-state index in [0.29, 0.717) is 24.2 Å². The Kier molecular flexibility index (Phi) is 4.69. The summed E-state index contributed by atoms with van der Waals surface area (Å²) >= 11 is 0. The zero-order chi connectivity index (χ0) is 17.2. The lowest BCUT2D eigenvalue weighted by Gasteiger charge is -2.28. The number of carbonyl (C=O) groups is 1. The van der Waals surface area contributed by atoms with E-state index in [2.05, 4.69) is 4.74 Å². The molecule has 2 aromatic rings. The van der Waals surface area contributed by atoms with E-state index in [1.54, 1.807) is 24.3 Å². The summed E-state index contributed by atoms with van der Waals surface area (Å²) in [5.41, 5.74) is 3.34. The van der Waals surface area contributed by atoms with Crippen LogP contribution in [0, 0.1) is 0 Å². The molecular formula is C18H19NO4S. The Hall–Kier alpha value is -2.18. The van der Waals surface area contributed by atoms with Crippen LogP contribution in [0.15, 0.2) is 48.5 Å². The highest BCUT2D eigenvalue weighted by molar-refractivity contribution is 7.88. The molecule has 0 saturated heterocycles. The molecule has 5 nitrogen and oxygen atoms in total. The van der Waals surface area contributed by atoms with Crippen LogP contribution in [0.4, 0.5) is 0 Å². The number of carbonyl (C=O) groups excluding carboxylic acids is 1. The summed E-state index contributed by atoms with van der Waals surface area (Å²) in [5.74, 6) is -0.506. The number of hydrogen-bond acceptors (Lipinski definition) is 4. The van der Waals surface area contributed by atoms with Gasteiger partial charge in [0.05, 0.1) is 18.4 Å². The van der Waals surface area contributed by atoms with Crippen LogP contribution >= 0.6 is 0 Å². The lowest BCUT2D eigenvalue weighted by molar-refractivity contribution is 0.0600. The topological polar surface area (TPSA) is 63.7 Å². The van der Waals surface area contributed by atoms with Gasteiger partial charge in [-0.15, -0.1) is 0 Å². The van der Waals surface area contributed by atoms with E-state index >= 15 is 0 Å². The average molecular weight is 345 g/mol. The number of esters is 1. The highest BCUT2D eigenvalue weighted by Crippen LogP contribution is 2.22. The third-order valence-corrected chi connectivity index (χ3v) is 6.01. The predicted molar refractivity (Wildman–Crippen MR) is 91.0 cm³/mol. The molecular weight excluding hydrogens is 326 g/mol. The van der Waals surface area contributed by atoms with E-state index in [-0.39, 0.29) is 5.75 Å². The molecule has 0 bridgehead atoms. The van der Waals surface area contributed by atoms with E-state index in [4.69, 9.17) is 0 Å². The molecule has 0 radical (unpaired) electrons. The van der Waals surface area contributed by atoms with Crippen molar-refractivity contribution in [3.8, 4) is 0 Å². The van der Waals surface area contributed by atoms with E-state index in [1.165, 1.54) is 17.0 Å². The number of benzene rings is 2. The van der Waals surface area contributed by atoms with Crippen molar-refractivity contribution >= 4 is 16.0 Å². The summed E-state index contributed by atoms with van der Waals surface area (Å²) in [4.78, 5) is 11.4. The second kappa shape index (κ2) is 6.75. The van der Waals surface area contributed by atoms with Crippen molar-refractivity contribution in [3.63, 3.8) is 0 Å². The SMILES string of the molecule is COC(=O)c1ccc(CS(=O)(=O)N2CCc3ccccc3C2)cc1. The molecule has 1 heterocycles. The minimum Gasteiger partial charge on any atom is -0.465 e. The van der Waals surface area contributed by atoms with Gasteiger partial charge in [-0.3, -0.25) is 0 Å². The fourth-order valence-electron chi connectivity index (χ4n) is 2.86. The van der Waals surface area contributed by atoms with Crippen LogP contribution in [-0.4, -0.2) is 32.3 Å². The van der Waals surface area contributed by atoms with Crippen molar-refractivity contribution in [3.05, 3.63) is 70.8 Å². The third-order valence-electron chi connectivity index (χ3n) is 4.21. The van der Waals surface area contributed by atoms with Crippen molar-refractivity contribution in [2.75, 3.05) is 13.7 Å². The smallest absolute Gasteiger partial charge is 0.337 e. The number of fused-ring (bicyclic) bond motifs is 1. The quantitative estimate of drug-likeness (QED) is 0.798. The Labute approximate surface area is 141 Å². The van der Waals surface area contributed by atoms with Crippen LogP contribution in [0.3, 0.4) is 0 Å². The van der Waals surface area contributed by atoms with Gasteiger partial charge in [0.1, 0.15) is 0 Å². The molecule has 0 saturated carbocycles. The summed E-state index contributed by atoms with van der Waals surface area (Å²) in [6.07, 6.45) is 0.733. The molecule has 0 aliphatic carbocycles. The normalized spacial score (nSPS) is 14.9. The molecule has 24 heavy (non-hydrogen) atoms. The number of rotatable bonds is 4. The number of ether oxygens (including phenoxy) is 1. The van der Waals surface area contributed by atoms with Gasteiger partial charge < -0.3 is 4.74 Å². The first kappa shape index (κ1) is 16.7. The van der Waals surface area contributed by atoms with E-state index < -0.39 is 16.0 Å². The Balaban J connectivity index is 1.74. The average Bonchev–Trinajstić information content (AvgIpc) is 2.61. The molecule has 2 aromatic carbocycles. The van der Waals surface area contributed by atoms with Gasteiger partial charge in [-0.25, -0.2) is 13.2 Å². The fourth-order valence-corrected chi connectivity index (χ4v) is 4.37. The second-order valence-corrected chi connectivity index (χ2v) is 7.77. The van der Waals surface area contributed by atoms with E-state index in [0.717, 1.165) is 12.0 Å². The first-order valence-corrected chi connectivity index (χ1v) is 9.32. The summed E-state index contributed by atoms with van der Waals surface area (Å²) in [6, 6.07) is 14.4. The molecule has 1 aliphatic heterocycles. The van der Waals surface area contributed by atoms with E-state index in [9.17, 15) is 13.2 Å². The number of nitrogens with zero attached hydrogens (tertiary/aromatic N) is 1. The monoisotopic (exact) mass is 345 g/mol. The lowest BCUT2D eigenvalue weighted by atomic mass is 10.0. The Morgan fingerprint density at radius 2 is 1.75 bits per heavy atom. The maximum Gasteiger partial charge on any atom is 0.337 e. The van der Waals surface area contributed by atoms with Gasteiger partial charge in [-0.1, -0.05) is 36.4 Å². The summed E-state index contributed by atoms with van der Waals surface area (Å²) in [6.45, 7) is 0.915. The molecule has 0 spiro atoms. The molecule has 0 amide bonds. The van der Waals surface area contributed by atoms with Crippen molar-refractivity contribution in [1.82, 2.24) is 4.31 Å². The zero-order valence-corrected chi connectivity index (χ0v) is 14.3. The van der Waals surface area contributed by atoms with Gasteiger partial charge in [0.2, 0.25) is 10.0 Å². The number of methoxy groups -OCH3 is 1. The van der Waals surface area contributed by atoms with Crippen LogP contribution in [0.5, 0.6) is 0 Å². The molecule has 126 valence electrons. The highest BCUT2D eigenvalue weighted by Gasteiger charge is 2.26. The van der Waals surface area contributed by atoms with Crippen molar-refractivity contribution < 1.29 is 17.9 Å². The van der Waals surface area contributed by atoms with Crippen LogP contribution in [-0.2, 0) is 33.5 Å². The molecule has 3 rings (SSSR count). The molecule has 6 heteroatoms. The van der Waals surface area contributed by atoms with Gasteiger partial charge in [-0.05, 0) is 35.2 Å². The minimum atomic E-state index is -3.40. The maximum atomic E-state index is 12.7. The Morgan fingerprint density at radius 3 is 2.42 bits per heavy atom. The van der Waals surface area contributed by atoms with E-state index in [1.807, 2.05) is 24.3 Å².